The Morgan fingerprint density at radius 2 is 1.79 bits per heavy atom. The highest BCUT2D eigenvalue weighted by Crippen LogP contribution is 2.44. The van der Waals surface area contributed by atoms with Crippen molar-refractivity contribution in [1.82, 2.24) is 4.98 Å². The van der Waals surface area contributed by atoms with Crippen LogP contribution in [0.5, 0.6) is 5.75 Å². The van der Waals surface area contributed by atoms with Crippen molar-refractivity contribution in [2.24, 2.45) is 0 Å². The molecule has 1 amide bonds. The number of rotatable bonds is 5. The van der Waals surface area contributed by atoms with Gasteiger partial charge in [-0.3, -0.25) is 14.5 Å². The molecule has 4 aromatic rings. The second-order valence-electron chi connectivity index (χ2n) is 8.00. The number of amides is 1. The first-order valence-corrected chi connectivity index (χ1v) is 11.8. The van der Waals surface area contributed by atoms with Crippen LogP contribution in [0.25, 0.3) is 16.0 Å². The van der Waals surface area contributed by atoms with Crippen LogP contribution in [0.2, 0.25) is 0 Å². The zero-order valence-corrected chi connectivity index (χ0v) is 19.5. The van der Waals surface area contributed by atoms with Gasteiger partial charge in [0, 0.05) is 5.56 Å². The summed E-state index contributed by atoms with van der Waals surface area (Å²) in [5.41, 5.74) is 3.02. The predicted octanol–water partition coefficient (Wildman–Crippen LogP) is 5.63. The number of hydrogen-bond donors (Lipinski definition) is 1. The van der Waals surface area contributed by atoms with E-state index in [0.29, 0.717) is 28.6 Å². The minimum atomic E-state index is -0.797. The Bertz CT molecular complexity index is 1420. The number of ketones is 1. The van der Waals surface area contributed by atoms with E-state index < -0.39 is 17.7 Å². The van der Waals surface area contributed by atoms with Crippen molar-refractivity contribution < 1.29 is 19.4 Å². The number of anilines is 1. The summed E-state index contributed by atoms with van der Waals surface area (Å²) in [5.74, 6) is -1.02. The molecule has 0 unspecified atom stereocenters. The molecule has 0 radical (unpaired) electrons. The molecule has 1 saturated heterocycles. The summed E-state index contributed by atoms with van der Waals surface area (Å²) in [7, 11) is 0. The lowest BCUT2D eigenvalue weighted by molar-refractivity contribution is -0.132. The van der Waals surface area contributed by atoms with Gasteiger partial charge < -0.3 is 9.84 Å². The van der Waals surface area contributed by atoms with Crippen molar-refractivity contribution in [3.8, 4) is 5.75 Å². The molecule has 0 bridgehead atoms. The highest BCUT2D eigenvalue weighted by molar-refractivity contribution is 7.22. The Morgan fingerprint density at radius 1 is 1.06 bits per heavy atom. The van der Waals surface area contributed by atoms with Gasteiger partial charge in [-0.25, -0.2) is 4.98 Å². The Morgan fingerprint density at radius 3 is 2.50 bits per heavy atom. The highest BCUT2D eigenvalue weighted by Gasteiger charge is 2.48. The van der Waals surface area contributed by atoms with Crippen LogP contribution in [0, 0.1) is 6.92 Å². The molecule has 1 atom stereocenters. The summed E-state index contributed by atoms with van der Waals surface area (Å²) < 4.78 is 6.40. The topological polar surface area (TPSA) is 79.7 Å². The maximum atomic E-state index is 13.3. The van der Waals surface area contributed by atoms with E-state index in [9.17, 15) is 14.7 Å². The average molecular weight is 471 g/mol. The van der Waals surface area contributed by atoms with Crippen LogP contribution >= 0.6 is 11.3 Å². The third kappa shape index (κ3) is 3.74. The lowest BCUT2D eigenvalue weighted by atomic mass is 9.95. The van der Waals surface area contributed by atoms with E-state index in [4.69, 9.17) is 4.74 Å². The van der Waals surface area contributed by atoms with Gasteiger partial charge in [0.15, 0.2) is 5.13 Å². The minimum Gasteiger partial charge on any atom is -0.507 e. The molecule has 1 aliphatic rings. The van der Waals surface area contributed by atoms with Crippen molar-refractivity contribution in [3.63, 3.8) is 0 Å². The molecule has 0 saturated carbocycles. The first-order valence-electron chi connectivity index (χ1n) is 10.9. The molecule has 1 fully saturated rings. The molecule has 1 N–H and O–H groups in total. The molecule has 0 spiro atoms. The standard InChI is InChI=1S/C27H22N2O4S/c1-3-33-19-12-10-18(11-13-19)24(30)22-23(17-7-5-4-6-8-17)29(26(32)25(22)31)27-28-20-14-9-16(2)15-21(20)34-27/h4-15,23,30H,3H2,1-2H3/t23-/m0/s1. The molecule has 6 nitrogen and oxygen atoms in total. The van der Waals surface area contributed by atoms with Crippen molar-refractivity contribution >= 4 is 44.1 Å². The van der Waals surface area contributed by atoms with Gasteiger partial charge in [0.05, 0.1) is 28.4 Å². The van der Waals surface area contributed by atoms with Gasteiger partial charge in [-0.2, -0.15) is 0 Å². The van der Waals surface area contributed by atoms with Crippen molar-refractivity contribution in [2.75, 3.05) is 11.5 Å². The van der Waals surface area contributed by atoms with E-state index in [1.165, 1.54) is 16.2 Å². The number of thiazole rings is 1. The number of aliphatic hydroxyl groups is 1. The smallest absolute Gasteiger partial charge is 0.301 e. The largest absolute Gasteiger partial charge is 0.507 e. The van der Waals surface area contributed by atoms with Crippen LogP contribution in [0.1, 0.15) is 29.7 Å². The third-order valence-electron chi connectivity index (χ3n) is 5.74. The van der Waals surface area contributed by atoms with E-state index in [1.54, 1.807) is 24.3 Å². The first-order chi connectivity index (χ1) is 16.5. The number of carbonyl (C=O) groups excluding carboxylic acids is 2. The number of carbonyl (C=O) groups is 2. The van der Waals surface area contributed by atoms with Crippen molar-refractivity contribution in [1.29, 1.82) is 0 Å². The Balaban J connectivity index is 1.67. The van der Waals surface area contributed by atoms with Gasteiger partial charge in [0.25, 0.3) is 5.78 Å². The van der Waals surface area contributed by atoms with Crippen LogP contribution in [-0.2, 0) is 9.59 Å². The number of Topliss-reactive ketones (excluding diaryl/α,β-unsaturated/α-hetero) is 1. The molecule has 170 valence electrons. The number of aryl methyl sites for hydroxylation is 1. The van der Waals surface area contributed by atoms with Crippen LogP contribution in [0.15, 0.2) is 78.4 Å². The maximum Gasteiger partial charge on any atom is 0.301 e. The number of benzene rings is 3. The van der Waals surface area contributed by atoms with Crippen LogP contribution < -0.4 is 9.64 Å². The molecule has 1 aromatic heterocycles. The van der Waals surface area contributed by atoms with Gasteiger partial charge in [0.2, 0.25) is 0 Å². The molecule has 1 aliphatic heterocycles. The summed E-state index contributed by atoms with van der Waals surface area (Å²) in [6, 6.07) is 21.1. The Hall–Kier alpha value is -3.97. The fraction of sp³-hybridized carbons (Fsp3) is 0.148. The molecular weight excluding hydrogens is 448 g/mol. The minimum absolute atomic E-state index is 0.0378. The van der Waals surface area contributed by atoms with E-state index in [0.717, 1.165) is 15.8 Å². The fourth-order valence-electron chi connectivity index (χ4n) is 4.13. The molecule has 34 heavy (non-hydrogen) atoms. The molecule has 7 heteroatoms. The zero-order chi connectivity index (χ0) is 23.8. The normalized spacial score (nSPS) is 17.5. The van der Waals surface area contributed by atoms with E-state index >= 15 is 0 Å². The Kier molecular flexibility index (Phi) is 5.63. The molecule has 2 heterocycles. The third-order valence-corrected chi connectivity index (χ3v) is 6.75. The number of aromatic nitrogens is 1. The van der Waals surface area contributed by atoms with Gasteiger partial charge in [-0.05, 0) is 61.4 Å². The van der Waals surface area contributed by atoms with Gasteiger partial charge in [0.1, 0.15) is 11.5 Å². The average Bonchev–Trinajstić information content (AvgIpc) is 3.37. The van der Waals surface area contributed by atoms with Gasteiger partial charge in [-0.1, -0.05) is 47.7 Å². The number of ether oxygens (including phenoxy) is 1. The highest BCUT2D eigenvalue weighted by atomic mass is 32.1. The second-order valence-corrected chi connectivity index (χ2v) is 9.01. The molecule has 5 rings (SSSR count). The predicted molar refractivity (Wildman–Crippen MR) is 133 cm³/mol. The van der Waals surface area contributed by atoms with Gasteiger partial charge in [-0.15, -0.1) is 0 Å². The number of aliphatic hydroxyl groups excluding tert-OH is 1. The SMILES string of the molecule is CCOc1ccc(C(O)=C2C(=O)C(=O)N(c3nc4ccc(C)cc4s3)[C@H]2c2ccccc2)cc1. The van der Waals surface area contributed by atoms with Crippen molar-refractivity contribution in [2.45, 2.75) is 19.9 Å². The summed E-state index contributed by atoms with van der Waals surface area (Å²) >= 11 is 1.35. The van der Waals surface area contributed by atoms with Crippen LogP contribution in [-0.4, -0.2) is 28.4 Å². The number of nitrogens with zero attached hydrogens (tertiary/aromatic N) is 2. The van der Waals surface area contributed by atoms with E-state index in [1.807, 2.05) is 62.4 Å². The lowest BCUT2D eigenvalue weighted by Crippen LogP contribution is -2.29. The zero-order valence-electron chi connectivity index (χ0n) is 18.7. The van der Waals surface area contributed by atoms with E-state index in [2.05, 4.69) is 4.98 Å². The van der Waals surface area contributed by atoms with Crippen molar-refractivity contribution in [3.05, 3.63) is 95.1 Å². The molecule has 0 aliphatic carbocycles. The monoisotopic (exact) mass is 470 g/mol. The fourth-order valence-corrected chi connectivity index (χ4v) is 5.22. The maximum absolute atomic E-state index is 13.3. The Labute approximate surface area is 200 Å². The number of hydrogen-bond acceptors (Lipinski definition) is 6. The second kappa shape index (κ2) is 8.76. The summed E-state index contributed by atoms with van der Waals surface area (Å²) in [5, 5.41) is 11.6. The first kappa shape index (κ1) is 21.9. The lowest BCUT2D eigenvalue weighted by Gasteiger charge is -2.22. The quantitative estimate of drug-likeness (QED) is 0.232. The summed E-state index contributed by atoms with van der Waals surface area (Å²) in [6.07, 6.45) is 0. The van der Waals surface area contributed by atoms with Crippen LogP contribution in [0.3, 0.4) is 0 Å². The summed E-state index contributed by atoms with van der Waals surface area (Å²) in [4.78, 5) is 32.6. The number of fused-ring (bicyclic) bond motifs is 1. The van der Waals surface area contributed by atoms with E-state index in [-0.39, 0.29) is 11.3 Å². The van der Waals surface area contributed by atoms with Gasteiger partial charge >= 0.3 is 5.91 Å². The molecular formula is C27H22N2O4S. The molecule has 3 aromatic carbocycles. The van der Waals surface area contributed by atoms with Crippen LogP contribution in [0.4, 0.5) is 5.13 Å². The summed E-state index contributed by atoms with van der Waals surface area (Å²) in [6.45, 7) is 4.40.